The van der Waals surface area contributed by atoms with E-state index >= 15 is 0 Å². The van der Waals surface area contributed by atoms with Gasteiger partial charge in [0.15, 0.2) is 0 Å². The van der Waals surface area contributed by atoms with Gasteiger partial charge in [-0.15, -0.1) is 5.10 Å². The van der Waals surface area contributed by atoms with E-state index in [-0.39, 0.29) is 11.6 Å². The van der Waals surface area contributed by atoms with E-state index in [1.165, 1.54) is 0 Å². The third-order valence-electron chi connectivity index (χ3n) is 3.91. The number of phenolic OH excluding ortho intramolecular Hbond substituents is 1. The summed E-state index contributed by atoms with van der Waals surface area (Å²) in [5, 5.41) is 16.4. The van der Waals surface area contributed by atoms with Crippen LogP contribution in [0.2, 0.25) is 0 Å². The van der Waals surface area contributed by atoms with E-state index < -0.39 is 17.2 Å². The first-order valence-corrected chi connectivity index (χ1v) is 6.92. The van der Waals surface area contributed by atoms with E-state index in [2.05, 4.69) is 20.2 Å². The largest absolute Gasteiger partial charge is 0.508 e. The minimum Gasteiger partial charge on any atom is -0.508 e. The van der Waals surface area contributed by atoms with Crippen molar-refractivity contribution in [3.05, 3.63) is 67.5 Å². The Morgan fingerprint density at radius 1 is 1.13 bits per heavy atom. The number of nitrogens with one attached hydrogen (secondary N) is 3. The molecule has 0 saturated carbocycles. The quantitative estimate of drug-likeness (QED) is 0.419. The van der Waals surface area contributed by atoms with Crippen LogP contribution in [0, 0.1) is 6.92 Å². The number of aryl methyl sites for hydroxylation is 1. The number of aromatic hydroxyl groups is 1. The van der Waals surface area contributed by atoms with Gasteiger partial charge in [0.25, 0.3) is 5.56 Å². The Bertz CT molecular complexity index is 1010. The molecule has 8 nitrogen and oxygen atoms in total. The van der Waals surface area contributed by atoms with Gasteiger partial charge in [-0.1, -0.05) is 12.1 Å². The molecule has 1 aliphatic rings. The molecule has 0 saturated heterocycles. The summed E-state index contributed by atoms with van der Waals surface area (Å²) in [5.41, 5.74) is 1.39. The Balaban J connectivity index is 2.04. The van der Waals surface area contributed by atoms with Gasteiger partial charge in [0.05, 0.1) is 11.5 Å². The SMILES string of the molecule is Cc1[nH]nc2c1C(c1ccc(O)cc1)c1c([nH]c(=O)[nH]c1=O)O2. The number of phenols is 1. The van der Waals surface area contributed by atoms with Gasteiger partial charge in [-0.3, -0.25) is 19.9 Å². The first-order valence-electron chi connectivity index (χ1n) is 6.92. The van der Waals surface area contributed by atoms with Crippen molar-refractivity contribution in [1.82, 2.24) is 20.2 Å². The van der Waals surface area contributed by atoms with Gasteiger partial charge in [0.1, 0.15) is 5.75 Å². The topological polar surface area (TPSA) is 124 Å². The molecule has 4 rings (SSSR count). The Hall–Kier alpha value is -3.29. The van der Waals surface area contributed by atoms with Crippen molar-refractivity contribution in [2.24, 2.45) is 0 Å². The predicted molar refractivity (Wildman–Crippen MR) is 80.1 cm³/mol. The van der Waals surface area contributed by atoms with E-state index in [1.54, 1.807) is 24.3 Å². The van der Waals surface area contributed by atoms with Crippen LogP contribution in [0.1, 0.15) is 28.3 Å². The summed E-state index contributed by atoms with van der Waals surface area (Å²) in [7, 11) is 0. The number of hydrogen-bond acceptors (Lipinski definition) is 5. The number of rotatable bonds is 1. The predicted octanol–water partition coefficient (Wildman–Crippen LogP) is 1.09. The lowest BCUT2D eigenvalue weighted by atomic mass is 9.85. The van der Waals surface area contributed by atoms with Crippen molar-refractivity contribution in [2.75, 3.05) is 0 Å². The highest BCUT2D eigenvalue weighted by atomic mass is 16.5. The molecule has 3 aromatic rings. The van der Waals surface area contributed by atoms with Gasteiger partial charge in [0, 0.05) is 11.3 Å². The molecule has 2 aromatic heterocycles. The number of benzene rings is 1. The number of H-pyrrole nitrogens is 3. The molecule has 0 fully saturated rings. The monoisotopic (exact) mass is 312 g/mol. The summed E-state index contributed by atoms with van der Waals surface area (Å²) >= 11 is 0. The van der Waals surface area contributed by atoms with Crippen LogP contribution < -0.4 is 16.0 Å². The van der Waals surface area contributed by atoms with E-state index in [0.29, 0.717) is 11.4 Å². The van der Waals surface area contributed by atoms with Gasteiger partial charge in [0.2, 0.25) is 11.8 Å². The van der Waals surface area contributed by atoms with Gasteiger partial charge in [-0.2, -0.15) is 0 Å². The zero-order chi connectivity index (χ0) is 16.1. The molecule has 1 aliphatic heterocycles. The summed E-state index contributed by atoms with van der Waals surface area (Å²) in [6.45, 7) is 1.83. The van der Waals surface area contributed by atoms with Crippen molar-refractivity contribution in [2.45, 2.75) is 12.8 Å². The van der Waals surface area contributed by atoms with Crippen LogP contribution in [-0.4, -0.2) is 25.3 Å². The van der Waals surface area contributed by atoms with Crippen LogP contribution in [0.5, 0.6) is 17.5 Å². The molecular formula is C15H12N4O4. The highest BCUT2D eigenvalue weighted by molar-refractivity contribution is 5.55. The van der Waals surface area contributed by atoms with Crippen LogP contribution in [0.4, 0.5) is 0 Å². The Morgan fingerprint density at radius 3 is 2.61 bits per heavy atom. The van der Waals surface area contributed by atoms with Crippen LogP contribution in [0.15, 0.2) is 33.9 Å². The Morgan fingerprint density at radius 2 is 1.87 bits per heavy atom. The third-order valence-corrected chi connectivity index (χ3v) is 3.91. The average Bonchev–Trinajstić information content (AvgIpc) is 2.87. The summed E-state index contributed by atoms with van der Waals surface area (Å²) in [5.74, 6) is 0.0550. The summed E-state index contributed by atoms with van der Waals surface area (Å²) in [6.07, 6.45) is 0. The molecule has 116 valence electrons. The number of nitrogens with zero attached hydrogens (tertiary/aromatic N) is 1. The van der Waals surface area contributed by atoms with E-state index in [1.807, 2.05) is 6.92 Å². The average molecular weight is 312 g/mol. The lowest BCUT2D eigenvalue weighted by Gasteiger charge is -2.24. The molecule has 1 aromatic carbocycles. The summed E-state index contributed by atoms with van der Waals surface area (Å²) < 4.78 is 5.57. The zero-order valence-corrected chi connectivity index (χ0v) is 12.0. The fourth-order valence-corrected chi connectivity index (χ4v) is 2.89. The van der Waals surface area contributed by atoms with Crippen molar-refractivity contribution in [3.63, 3.8) is 0 Å². The number of hydrogen-bond donors (Lipinski definition) is 4. The zero-order valence-electron chi connectivity index (χ0n) is 12.0. The highest BCUT2D eigenvalue weighted by Gasteiger charge is 2.35. The van der Waals surface area contributed by atoms with Crippen molar-refractivity contribution >= 4 is 0 Å². The standard InChI is InChI=1S/C15H12N4O4/c1-6-9-10(7-2-4-8(20)5-3-7)11-12(21)16-15(22)17-13(11)23-14(9)19-18-6/h2-5,10,20H,1H3,(H,18,19)(H2,16,17,21,22). The first-order chi connectivity index (χ1) is 11.0. The van der Waals surface area contributed by atoms with Crippen LogP contribution in [0.25, 0.3) is 0 Å². The van der Waals surface area contributed by atoms with Crippen molar-refractivity contribution in [1.29, 1.82) is 0 Å². The van der Waals surface area contributed by atoms with Gasteiger partial charge < -0.3 is 9.84 Å². The molecule has 0 radical (unpaired) electrons. The van der Waals surface area contributed by atoms with Gasteiger partial charge >= 0.3 is 5.69 Å². The molecule has 0 amide bonds. The van der Waals surface area contributed by atoms with Crippen LogP contribution in [-0.2, 0) is 0 Å². The maximum absolute atomic E-state index is 12.3. The van der Waals surface area contributed by atoms with Crippen molar-refractivity contribution < 1.29 is 9.84 Å². The molecule has 23 heavy (non-hydrogen) atoms. The molecule has 1 atom stereocenters. The number of fused-ring (bicyclic) bond motifs is 2. The molecule has 0 aliphatic carbocycles. The molecule has 1 unspecified atom stereocenters. The second-order valence-electron chi connectivity index (χ2n) is 5.35. The minimum atomic E-state index is -0.645. The van der Waals surface area contributed by atoms with E-state index in [0.717, 1.165) is 16.8 Å². The second kappa shape index (κ2) is 4.60. The maximum Gasteiger partial charge on any atom is 0.328 e. The lowest BCUT2D eigenvalue weighted by Crippen LogP contribution is -2.30. The maximum atomic E-state index is 12.3. The molecule has 4 N–H and O–H groups in total. The summed E-state index contributed by atoms with van der Waals surface area (Å²) in [4.78, 5) is 28.6. The number of ether oxygens (including phenoxy) is 1. The number of aromatic nitrogens is 4. The number of aromatic amines is 3. The molecular weight excluding hydrogens is 300 g/mol. The Kier molecular flexibility index (Phi) is 2.68. The lowest BCUT2D eigenvalue weighted by molar-refractivity contribution is 0.412. The molecule has 0 spiro atoms. The molecule has 0 bridgehead atoms. The van der Waals surface area contributed by atoms with Crippen molar-refractivity contribution in [3.8, 4) is 17.5 Å². The second-order valence-corrected chi connectivity index (χ2v) is 5.35. The van der Waals surface area contributed by atoms with E-state index in [9.17, 15) is 14.7 Å². The van der Waals surface area contributed by atoms with Gasteiger partial charge in [-0.05, 0) is 24.6 Å². The first kappa shape index (κ1) is 13.4. The highest BCUT2D eigenvalue weighted by Crippen LogP contribution is 2.44. The minimum absolute atomic E-state index is 0.0795. The normalized spacial score (nSPS) is 15.6. The fraction of sp³-hybridized carbons (Fsp3) is 0.133. The Labute approximate surface area is 128 Å². The third kappa shape index (κ3) is 1.95. The van der Waals surface area contributed by atoms with Crippen LogP contribution in [0.3, 0.4) is 0 Å². The fourth-order valence-electron chi connectivity index (χ4n) is 2.89. The summed E-state index contributed by atoms with van der Waals surface area (Å²) in [6, 6.07) is 6.52. The smallest absolute Gasteiger partial charge is 0.328 e. The molecule has 8 heteroatoms. The molecule has 3 heterocycles. The van der Waals surface area contributed by atoms with E-state index in [4.69, 9.17) is 4.74 Å². The van der Waals surface area contributed by atoms with Crippen LogP contribution >= 0.6 is 0 Å². The van der Waals surface area contributed by atoms with Gasteiger partial charge in [-0.25, -0.2) is 4.79 Å².